The van der Waals surface area contributed by atoms with Crippen molar-refractivity contribution in [1.82, 2.24) is 20.3 Å². The van der Waals surface area contributed by atoms with Gasteiger partial charge in [-0.3, -0.25) is 4.98 Å². The molecule has 0 radical (unpaired) electrons. The second-order valence-electron chi connectivity index (χ2n) is 7.51. The lowest BCUT2D eigenvalue weighted by Gasteiger charge is -2.24. The zero-order valence-corrected chi connectivity index (χ0v) is 17.5. The fraction of sp³-hybridized carbons (Fsp3) is 0.316. The Bertz CT molecular complexity index is 1100. The van der Waals surface area contributed by atoms with Crippen molar-refractivity contribution in [3.05, 3.63) is 62.1 Å². The number of nitrogens with one attached hydrogen (secondary N) is 3. The number of aromatic nitrogens is 3. The molecule has 3 rings (SSSR count). The van der Waals surface area contributed by atoms with E-state index in [1.54, 1.807) is 26.8 Å². The minimum atomic E-state index is -0.789. The summed E-state index contributed by atoms with van der Waals surface area (Å²) in [5.41, 5.74) is 0.275. The Kier molecular flexibility index (Phi) is 5.74. The van der Waals surface area contributed by atoms with Crippen LogP contribution in [0.5, 0.6) is 0 Å². The SMILES string of the molecule is CC(C)(C)OC(=O)N[C@@H](Cc1cc(F)cc(F)c1)c1nc2[nH]c(=O)[nH]c2cc1Br. The minimum Gasteiger partial charge on any atom is -0.444 e. The molecule has 3 N–H and O–H groups in total. The summed E-state index contributed by atoms with van der Waals surface area (Å²) >= 11 is 3.38. The summed E-state index contributed by atoms with van der Waals surface area (Å²) in [4.78, 5) is 33.4. The summed E-state index contributed by atoms with van der Waals surface area (Å²) in [6.45, 7) is 5.15. The van der Waals surface area contributed by atoms with Crippen molar-refractivity contribution in [2.24, 2.45) is 0 Å². The number of imidazole rings is 1. The molecule has 0 spiro atoms. The van der Waals surface area contributed by atoms with E-state index in [0.717, 1.165) is 6.07 Å². The van der Waals surface area contributed by atoms with Gasteiger partial charge in [-0.15, -0.1) is 0 Å². The van der Waals surface area contributed by atoms with Gasteiger partial charge in [-0.1, -0.05) is 0 Å². The molecule has 10 heteroatoms. The van der Waals surface area contributed by atoms with Gasteiger partial charge in [-0.25, -0.2) is 23.4 Å². The Morgan fingerprint density at radius 3 is 2.48 bits per heavy atom. The van der Waals surface area contributed by atoms with Crippen molar-refractivity contribution in [3.63, 3.8) is 0 Å². The highest BCUT2D eigenvalue weighted by Crippen LogP contribution is 2.27. The molecule has 3 aromatic rings. The molecule has 0 saturated heterocycles. The van der Waals surface area contributed by atoms with Gasteiger partial charge in [0.1, 0.15) is 17.2 Å². The largest absolute Gasteiger partial charge is 0.444 e. The first-order chi connectivity index (χ1) is 13.5. The van der Waals surface area contributed by atoms with E-state index >= 15 is 0 Å². The molecular weight excluding hydrogens is 450 g/mol. The number of nitrogens with zero attached hydrogens (tertiary/aromatic N) is 1. The highest BCUT2D eigenvalue weighted by atomic mass is 79.9. The monoisotopic (exact) mass is 468 g/mol. The van der Waals surface area contributed by atoms with E-state index < -0.39 is 35.1 Å². The summed E-state index contributed by atoms with van der Waals surface area (Å²) in [6, 6.07) is 3.97. The van der Waals surface area contributed by atoms with Crippen LogP contribution in [0.3, 0.4) is 0 Å². The Hall–Kier alpha value is -2.75. The van der Waals surface area contributed by atoms with Gasteiger partial charge in [0.15, 0.2) is 5.65 Å². The fourth-order valence-corrected chi connectivity index (χ4v) is 3.42. The molecule has 7 nitrogen and oxygen atoms in total. The van der Waals surface area contributed by atoms with Crippen molar-refractivity contribution in [2.75, 3.05) is 0 Å². The number of carbonyl (C=O) groups is 1. The number of rotatable bonds is 4. The quantitative estimate of drug-likeness (QED) is 0.536. The third-order valence-electron chi connectivity index (χ3n) is 3.87. The summed E-state index contributed by atoms with van der Waals surface area (Å²) in [6.07, 6.45) is -0.671. The van der Waals surface area contributed by atoms with Gasteiger partial charge < -0.3 is 15.0 Å². The lowest BCUT2D eigenvalue weighted by Crippen LogP contribution is -2.36. The summed E-state index contributed by atoms with van der Waals surface area (Å²) in [5.74, 6) is -1.46. The van der Waals surface area contributed by atoms with Crippen LogP contribution in [-0.4, -0.2) is 26.6 Å². The predicted molar refractivity (Wildman–Crippen MR) is 107 cm³/mol. The van der Waals surface area contributed by atoms with Crippen molar-refractivity contribution in [3.8, 4) is 0 Å². The number of amides is 1. The van der Waals surface area contributed by atoms with E-state index in [9.17, 15) is 18.4 Å². The number of pyridine rings is 1. The lowest BCUT2D eigenvalue weighted by molar-refractivity contribution is 0.0502. The van der Waals surface area contributed by atoms with Gasteiger partial charge in [0.25, 0.3) is 0 Å². The molecule has 0 aliphatic heterocycles. The maximum absolute atomic E-state index is 13.6. The number of aromatic amines is 2. The minimum absolute atomic E-state index is 0.0414. The molecule has 1 atom stereocenters. The van der Waals surface area contributed by atoms with Gasteiger partial charge in [-0.05, 0) is 66.9 Å². The number of carbonyl (C=O) groups excluding carboxylic acids is 1. The molecule has 0 aliphatic rings. The second-order valence-corrected chi connectivity index (χ2v) is 8.37. The molecule has 2 heterocycles. The molecule has 0 unspecified atom stereocenters. The smallest absolute Gasteiger partial charge is 0.408 e. The highest BCUT2D eigenvalue weighted by Gasteiger charge is 2.24. The molecule has 154 valence electrons. The van der Waals surface area contributed by atoms with Gasteiger partial charge in [-0.2, -0.15) is 0 Å². The van der Waals surface area contributed by atoms with Gasteiger partial charge in [0, 0.05) is 10.5 Å². The molecule has 0 fully saturated rings. The van der Waals surface area contributed by atoms with Crippen LogP contribution in [0.2, 0.25) is 0 Å². The molecule has 1 aromatic carbocycles. The molecule has 1 amide bonds. The molecule has 2 aromatic heterocycles. The van der Waals surface area contributed by atoms with Crippen LogP contribution in [0.1, 0.15) is 38.1 Å². The van der Waals surface area contributed by atoms with Crippen LogP contribution in [0.25, 0.3) is 11.2 Å². The van der Waals surface area contributed by atoms with Gasteiger partial charge >= 0.3 is 11.8 Å². The third kappa shape index (κ3) is 5.41. The number of fused-ring (bicyclic) bond motifs is 1. The third-order valence-corrected chi connectivity index (χ3v) is 4.50. The Balaban J connectivity index is 2.00. The van der Waals surface area contributed by atoms with E-state index in [-0.39, 0.29) is 12.1 Å². The first-order valence-electron chi connectivity index (χ1n) is 8.73. The number of hydrogen-bond donors (Lipinski definition) is 3. The van der Waals surface area contributed by atoms with Crippen molar-refractivity contribution in [2.45, 2.75) is 38.8 Å². The Labute approximate surface area is 173 Å². The number of H-pyrrole nitrogens is 2. The van der Waals surface area contributed by atoms with Crippen LogP contribution in [-0.2, 0) is 11.2 Å². The normalized spacial score (nSPS) is 12.8. The second kappa shape index (κ2) is 7.94. The highest BCUT2D eigenvalue weighted by molar-refractivity contribution is 9.10. The van der Waals surface area contributed by atoms with Crippen molar-refractivity contribution >= 4 is 33.2 Å². The van der Waals surface area contributed by atoms with Crippen LogP contribution in [0.4, 0.5) is 13.6 Å². The standard InChI is InChI=1S/C19H19BrF2N4O3/c1-19(2,3)29-18(28)24-13(6-9-4-10(21)7-11(22)5-9)15-12(20)8-14-16(25-15)26-17(27)23-14/h4-5,7-8,13H,6H2,1-3H3,(H,24,28)(H2,23,25,26,27)/t13-/m0/s1. The Morgan fingerprint density at radius 1 is 1.21 bits per heavy atom. The van der Waals surface area contributed by atoms with E-state index in [1.165, 1.54) is 12.1 Å². The number of hydrogen-bond acceptors (Lipinski definition) is 4. The lowest BCUT2D eigenvalue weighted by atomic mass is 10.0. The molecule has 0 bridgehead atoms. The van der Waals surface area contributed by atoms with Crippen molar-refractivity contribution < 1.29 is 18.3 Å². The number of ether oxygens (including phenoxy) is 1. The molecule has 0 aliphatic carbocycles. The maximum Gasteiger partial charge on any atom is 0.408 e. The summed E-state index contributed by atoms with van der Waals surface area (Å²) < 4.78 is 33.1. The Morgan fingerprint density at radius 2 is 1.86 bits per heavy atom. The average Bonchev–Trinajstić information content (AvgIpc) is 2.89. The summed E-state index contributed by atoms with van der Waals surface area (Å²) in [5, 5.41) is 2.69. The molecular formula is C19H19BrF2N4O3. The number of alkyl carbamates (subject to hydrolysis) is 1. The van der Waals surface area contributed by atoms with E-state index in [2.05, 4.69) is 36.2 Å². The maximum atomic E-state index is 13.6. The van der Waals surface area contributed by atoms with Crippen LogP contribution < -0.4 is 11.0 Å². The van der Waals surface area contributed by atoms with Crippen LogP contribution in [0.15, 0.2) is 33.5 Å². The zero-order chi connectivity index (χ0) is 21.3. The average molecular weight is 469 g/mol. The fourth-order valence-electron chi connectivity index (χ4n) is 2.83. The predicted octanol–water partition coefficient (Wildman–Crippen LogP) is 4.10. The van der Waals surface area contributed by atoms with Crippen molar-refractivity contribution in [1.29, 1.82) is 0 Å². The first kappa shape index (κ1) is 21.0. The van der Waals surface area contributed by atoms with E-state index in [4.69, 9.17) is 4.74 Å². The van der Waals surface area contributed by atoms with Crippen LogP contribution in [0, 0.1) is 11.6 Å². The molecule has 29 heavy (non-hydrogen) atoms. The summed E-state index contributed by atoms with van der Waals surface area (Å²) in [7, 11) is 0. The van der Waals surface area contributed by atoms with E-state index in [1.807, 2.05) is 0 Å². The van der Waals surface area contributed by atoms with Gasteiger partial charge in [0.2, 0.25) is 0 Å². The topological polar surface area (TPSA) is 99.9 Å². The number of halogens is 3. The van der Waals surface area contributed by atoms with Gasteiger partial charge in [0.05, 0.1) is 17.3 Å². The van der Waals surface area contributed by atoms with Crippen LogP contribution >= 0.6 is 15.9 Å². The van der Waals surface area contributed by atoms with E-state index in [0.29, 0.717) is 21.2 Å². The number of benzene rings is 1. The first-order valence-corrected chi connectivity index (χ1v) is 9.52. The zero-order valence-electron chi connectivity index (χ0n) is 15.9. The molecule has 0 saturated carbocycles.